The molecule has 1 aliphatic rings. The number of esters is 1. The van der Waals surface area contributed by atoms with E-state index in [4.69, 9.17) is 16.3 Å². The summed E-state index contributed by atoms with van der Waals surface area (Å²) in [5.74, 6) is -0.497. The molecule has 0 atom stereocenters. The van der Waals surface area contributed by atoms with E-state index >= 15 is 0 Å². The summed E-state index contributed by atoms with van der Waals surface area (Å²) in [5.41, 5.74) is 0.974. The maximum absolute atomic E-state index is 11.9. The fourth-order valence-corrected chi connectivity index (χ4v) is 2.03. The molecule has 6 nitrogen and oxygen atoms in total. The van der Waals surface area contributed by atoms with Crippen molar-refractivity contribution in [1.82, 2.24) is 20.3 Å². The van der Waals surface area contributed by atoms with Gasteiger partial charge < -0.3 is 10.1 Å². The predicted molar refractivity (Wildman–Crippen MR) is 72.5 cm³/mol. The zero-order valence-corrected chi connectivity index (χ0v) is 11.4. The first-order valence-corrected chi connectivity index (χ1v) is 6.65. The Morgan fingerprint density at radius 3 is 2.95 bits per heavy atom. The SMILES string of the molecule is O=C(OCc1ccccc1Cl)c1cn(C2CNC2)nn1. The van der Waals surface area contributed by atoms with Crippen LogP contribution in [0.15, 0.2) is 30.5 Å². The molecule has 0 unspecified atom stereocenters. The van der Waals surface area contributed by atoms with Crippen LogP contribution in [0.2, 0.25) is 5.02 Å². The number of rotatable bonds is 4. The van der Waals surface area contributed by atoms with Crippen LogP contribution in [0.5, 0.6) is 0 Å². The van der Waals surface area contributed by atoms with Crippen LogP contribution in [0.1, 0.15) is 22.1 Å². The van der Waals surface area contributed by atoms with Gasteiger partial charge in [0.2, 0.25) is 0 Å². The lowest BCUT2D eigenvalue weighted by molar-refractivity contribution is 0.0465. The number of carbonyl (C=O) groups is 1. The van der Waals surface area contributed by atoms with Crippen molar-refractivity contribution in [1.29, 1.82) is 0 Å². The number of hydrogen-bond donors (Lipinski definition) is 1. The zero-order chi connectivity index (χ0) is 13.9. The minimum absolute atomic E-state index is 0.121. The summed E-state index contributed by atoms with van der Waals surface area (Å²) in [6.07, 6.45) is 1.61. The molecule has 20 heavy (non-hydrogen) atoms. The van der Waals surface area contributed by atoms with Gasteiger partial charge in [-0.05, 0) is 6.07 Å². The Bertz CT molecular complexity index is 624. The van der Waals surface area contributed by atoms with Gasteiger partial charge in [0, 0.05) is 23.7 Å². The molecule has 0 saturated carbocycles. The van der Waals surface area contributed by atoms with Crippen LogP contribution in [-0.4, -0.2) is 34.1 Å². The Hall–Kier alpha value is -1.92. The Kier molecular flexibility index (Phi) is 3.66. The van der Waals surface area contributed by atoms with E-state index in [0.717, 1.165) is 18.7 Å². The molecule has 1 fully saturated rings. The van der Waals surface area contributed by atoms with Crippen molar-refractivity contribution < 1.29 is 9.53 Å². The molecule has 2 heterocycles. The van der Waals surface area contributed by atoms with Crippen molar-refractivity contribution in [2.24, 2.45) is 0 Å². The summed E-state index contributed by atoms with van der Waals surface area (Å²) < 4.78 is 6.87. The summed E-state index contributed by atoms with van der Waals surface area (Å²) >= 11 is 6.00. The van der Waals surface area contributed by atoms with Crippen LogP contribution in [0.4, 0.5) is 0 Å². The van der Waals surface area contributed by atoms with Gasteiger partial charge in [0.1, 0.15) is 6.61 Å². The van der Waals surface area contributed by atoms with Crippen LogP contribution in [0, 0.1) is 0 Å². The van der Waals surface area contributed by atoms with E-state index in [1.54, 1.807) is 16.9 Å². The summed E-state index contributed by atoms with van der Waals surface area (Å²) in [6.45, 7) is 1.81. The van der Waals surface area contributed by atoms with Gasteiger partial charge in [-0.3, -0.25) is 0 Å². The highest BCUT2D eigenvalue weighted by Gasteiger charge is 2.22. The van der Waals surface area contributed by atoms with Crippen molar-refractivity contribution in [3.8, 4) is 0 Å². The van der Waals surface area contributed by atoms with Gasteiger partial charge in [0.05, 0.1) is 12.2 Å². The highest BCUT2D eigenvalue weighted by atomic mass is 35.5. The average Bonchev–Trinajstić information content (AvgIpc) is 2.85. The highest BCUT2D eigenvalue weighted by Crippen LogP contribution is 2.16. The quantitative estimate of drug-likeness (QED) is 0.864. The second-order valence-corrected chi connectivity index (χ2v) is 4.97. The van der Waals surface area contributed by atoms with Gasteiger partial charge in [-0.25, -0.2) is 9.48 Å². The molecule has 1 saturated heterocycles. The second-order valence-electron chi connectivity index (χ2n) is 4.56. The topological polar surface area (TPSA) is 69.0 Å². The van der Waals surface area contributed by atoms with E-state index in [1.807, 2.05) is 18.2 Å². The Morgan fingerprint density at radius 2 is 2.25 bits per heavy atom. The average molecular weight is 293 g/mol. The predicted octanol–water partition coefficient (Wildman–Crippen LogP) is 1.43. The molecule has 1 N–H and O–H groups in total. The normalized spacial score (nSPS) is 14.8. The minimum atomic E-state index is -0.497. The minimum Gasteiger partial charge on any atom is -0.456 e. The number of aromatic nitrogens is 3. The van der Waals surface area contributed by atoms with Crippen LogP contribution in [-0.2, 0) is 11.3 Å². The summed E-state index contributed by atoms with van der Waals surface area (Å²) in [5, 5.41) is 11.5. The van der Waals surface area contributed by atoms with Crippen LogP contribution in [0.3, 0.4) is 0 Å². The molecule has 1 aromatic heterocycles. The molecule has 0 radical (unpaired) electrons. The molecule has 3 rings (SSSR count). The molecule has 0 aliphatic carbocycles. The third-order valence-corrected chi connectivity index (χ3v) is 3.54. The number of benzene rings is 1. The summed E-state index contributed by atoms with van der Waals surface area (Å²) in [4.78, 5) is 11.9. The smallest absolute Gasteiger partial charge is 0.360 e. The molecule has 7 heteroatoms. The zero-order valence-electron chi connectivity index (χ0n) is 10.6. The maximum Gasteiger partial charge on any atom is 0.360 e. The lowest BCUT2D eigenvalue weighted by Crippen LogP contribution is -2.43. The number of halogens is 1. The van der Waals surface area contributed by atoms with E-state index in [1.165, 1.54) is 0 Å². The van der Waals surface area contributed by atoms with E-state index in [0.29, 0.717) is 5.02 Å². The van der Waals surface area contributed by atoms with E-state index in [-0.39, 0.29) is 18.3 Å². The first-order chi connectivity index (χ1) is 9.74. The second kappa shape index (κ2) is 5.60. The van der Waals surface area contributed by atoms with Gasteiger partial charge in [-0.1, -0.05) is 35.0 Å². The largest absolute Gasteiger partial charge is 0.456 e. The van der Waals surface area contributed by atoms with Crippen molar-refractivity contribution in [2.45, 2.75) is 12.6 Å². The number of carbonyl (C=O) groups excluding carboxylic acids is 1. The third-order valence-electron chi connectivity index (χ3n) is 3.17. The molecule has 104 valence electrons. The number of hydrogen-bond acceptors (Lipinski definition) is 5. The molecule has 0 bridgehead atoms. The van der Waals surface area contributed by atoms with Crippen LogP contribution >= 0.6 is 11.6 Å². The van der Waals surface area contributed by atoms with Crippen molar-refractivity contribution >= 4 is 17.6 Å². The maximum atomic E-state index is 11.9. The number of nitrogens with zero attached hydrogens (tertiary/aromatic N) is 3. The van der Waals surface area contributed by atoms with Gasteiger partial charge >= 0.3 is 5.97 Å². The first-order valence-electron chi connectivity index (χ1n) is 6.27. The fourth-order valence-electron chi connectivity index (χ4n) is 1.84. The molecule has 1 aliphatic heterocycles. The summed E-state index contributed by atoms with van der Waals surface area (Å²) in [7, 11) is 0. The number of nitrogens with one attached hydrogen (secondary N) is 1. The molecular formula is C13H13ClN4O2. The number of ether oxygens (including phenoxy) is 1. The molecular weight excluding hydrogens is 280 g/mol. The van der Waals surface area contributed by atoms with Crippen LogP contribution in [0.25, 0.3) is 0 Å². The Labute approximate surface area is 120 Å². The van der Waals surface area contributed by atoms with Gasteiger partial charge in [0.25, 0.3) is 0 Å². The molecule has 2 aromatic rings. The van der Waals surface area contributed by atoms with E-state index < -0.39 is 5.97 Å². The first kappa shape index (κ1) is 13.1. The van der Waals surface area contributed by atoms with Crippen molar-refractivity contribution in [2.75, 3.05) is 13.1 Å². The van der Waals surface area contributed by atoms with Crippen LogP contribution < -0.4 is 5.32 Å². The lowest BCUT2D eigenvalue weighted by atomic mass is 10.2. The van der Waals surface area contributed by atoms with Gasteiger partial charge in [-0.15, -0.1) is 5.10 Å². The monoisotopic (exact) mass is 292 g/mol. The van der Waals surface area contributed by atoms with Crippen molar-refractivity contribution in [3.05, 3.63) is 46.7 Å². The molecule has 0 amide bonds. The Balaban J connectivity index is 1.61. The van der Waals surface area contributed by atoms with Gasteiger partial charge in [-0.2, -0.15) is 0 Å². The van der Waals surface area contributed by atoms with E-state index in [9.17, 15) is 4.79 Å². The highest BCUT2D eigenvalue weighted by molar-refractivity contribution is 6.31. The standard InChI is InChI=1S/C13H13ClN4O2/c14-11-4-2-1-3-9(11)8-20-13(19)12-7-18(17-16-12)10-5-15-6-10/h1-4,7,10,15H,5-6,8H2. The van der Waals surface area contributed by atoms with E-state index in [2.05, 4.69) is 15.6 Å². The van der Waals surface area contributed by atoms with Crippen molar-refractivity contribution in [3.63, 3.8) is 0 Å². The molecule has 1 aromatic carbocycles. The van der Waals surface area contributed by atoms with Gasteiger partial charge in [0.15, 0.2) is 5.69 Å². The lowest BCUT2D eigenvalue weighted by Gasteiger charge is -2.26. The third kappa shape index (κ3) is 2.66. The Morgan fingerprint density at radius 1 is 1.45 bits per heavy atom. The fraction of sp³-hybridized carbons (Fsp3) is 0.308. The molecule has 0 spiro atoms. The summed E-state index contributed by atoms with van der Waals surface area (Å²) in [6, 6.07) is 7.50.